The molecule has 2 aliphatic rings. The summed E-state index contributed by atoms with van der Waals surface area (Å²) < 4.78 is 5.54. The third-order valence-corrected chi connectivity index (χ3v) is 7.12. The Morgan fingerprint density at radius 1 is 0.886 bits per heavy atom. The lowest BCUT2D eigenvalue weighted by atomic mass is 9.98. The zero-order valence-corrected chi connectivity index (χ0v) is 20.0. The van der Waals surface area contributed by atoms with Crippen LogP contribution in [0.1, 0.15) is 68.4 Å². The molecule has 186 valence electrons. The van der Waals surface area contributed by atoms with Crippen molar-refractivity contribution in [2.24, 2.45) is 5.92 Å². The average Bonchev–Trinajstić information content (AvgIpc) is 3.45. The fraction of sp³-hybridized carbons (Fsp3) is 0.464. The summed E-state index contributed by atoms with van der Waals surface area (Å²) in [5.41, 5.74) is 4.79. The SMILES string of the molecule is O=C(CCCCCCNC(=O)OCC1c2ccccc2-c2ccccc21)N[C@H]1CCC[C@H]1C(=O)O. The fourth-order valence-corrected chi connectivity index (χ4v) is 5.31. The van der Waals surface area contributed by atoms with Crippen LogP contribution in [0.25, 0.3) is 11.1 Å². The summed E-state index contributed by atoms with van der Waals surface area (Å²) in [6.45, 7) is 0.837. The Bertz CT molecular complexity index is 1010. The van der Waals surface area contributed by atoms with Crippen molar-refractivity contribution in [1.82, 2.24) is 10.6 Å². The number of fused-ring (bicyclic) bond motifs is 3. The molecule has 1 fully saturated rings. The molecule has 0 bridgehead atoms. The molecule has 0 heterocycles. The number of aliphatic carboxylic acids is 1. The zero-order valence-electron chi connectivity index (χ0n) is 20.0. The summed E-state index contributed by atoms with van der Waals surface area (Å²) in [5.74, 6) is -1.30. The smallest absolute Gasteiger partial charge is 0.407 e. The van der Waals surface area contributed by atoms with Crippen LogP contribution >= 0.6 is 0 Å². The van der Waals surface area contributed by atoms with Crippen molar-refractivity contribution < 1.29 is 24.2 Å². The molecule has 2 aliphatic carbocycles. The Balaban J connectivity index is 1.09. The highest BCUT2D eigenvalue weighted by atomic mass is 16.5. The summed E-state index contributed by atoms with van der Waals surface area (Å²) in [5, 5.41) is 14.9. The van der Waals surface area contributed by atoms with Crippen molar-refractivity contribution in [3.05, 3.63) is 59.7 Å². The molecule has 2 aromatic carbocycles. The van der Waals surface area contributed by atoms with E-state index in [0.29, 0.717) is 26.0 Å². The first-order chi connectivity index (χ1) is 17.0. The highest BCUT2D eigenvalue weighted by Crippen LogP contribution is 2.44. The molecule has 0 radical (unpaired) electrons. The Morgan fingerprint density at radius 2 is 1.54 bits per heavy atom. The maximum atomic E-state index is 12.2. The van der Waals surface area contributed by atoms with E-state index in [2.05, 4.69) is 34.9 Å². The van der Waals surface area contributed by atoms with E-state index >= 15 is 0 Å². The van der Waals surface area contributed by atoms with E-state index in [-0.39, 0.29) is 17.9 Å². The summed E-state index contributed by atoms with van der Waals surface area (Å²) in [6.07, 6.45) is 5.57. The van der Waals surface area contributed by atoms with Crippen LogP contribution in [0.5, 0.6) is 0 Å². The molecule has 2 aromatic rings. The van der Waals surface area contributed by atoms with Gasteiger partial charge in [-0.3, -0.25) is 9.59 Å². The van der Waals surface area contributed by atoms with Crippen LogP contribution in [0.15, 0.2) is 48.5 Å². The lowest BCUT2D eigenvalue weighted by Gasteiger charge is -2.17. The van der Waals surface area contributed by atoms with Gasteiger partial charge in [0.25, 0.3) is 0 Å². The number of hydrogen-bond acceptors (Lipinski definition) is 4. The van der Waals surface area contributed by atoms with Gasteiger partial charge in [-0.25, -0.2) is 4.79 Å². The fourth-order valence-electron chi connectivity index (χ4n) is 5.31. The highest BCUT2D eigenvalue weighted by molar-refractivity contribution is 5.79. The first-order valence-electron chi connectivity index (χ1n) is 12.7. The van der Waals surface area contributed by atoms with Crippen molar-refractivity contribution in [3.63, 3.8) is 0 Å². The number of carboxylic acids is 1. The van der Waals surface area contributed by atoms with Crippen molar-refractivity contribution in [2.75, 3.05) is 13.2 Å². The van der Waals surface area contributed by atoms with Gasteiger partial charge in [0.1, 0.15) is 6.61 Å². The summed E-state index contributed by atoms with van der Waals surface area (Å²) in [7, 11) is 0. The minimum Gasteiger partial charge on any atom is -0.481 e. The van der Waals surface area contributed by atoms with Crippen LogP contribution in [-0.4, -0.2) is 42.3 Å². The van der Waals surface area contributed by atoms with Crippen LogP contribution in [-0.2, 0) is 14.3 Å². The van der Waals surface area contributed by atoms with E-state index in [1.54, 1.807) is 0 Å². The number of carbonyl (C=O) groups is 3. The maximum absolute atomic E-state index is 12.2. The van der Waals surface area contributed by atoms with E-state index in [9.17, 15) is 19.5 Å². The number of nitrogens with one attached hydrogen (secondary N) is 2. The molecule has 0 unspecified atom stereocenters. The second kappa shape index (κ2) is 11.9. The van der Waals surface area contributed by atoms with Gasteiger partial charge < -0.3 is 20.5 Å². The molecule has 2 atom stereocenters. The summed E-state index contributed by atoms with van der Waals surface area (Å²) in [6, 6.07) is 16.3. The number of benzene rings is 2. The van der Waals surface area contributed by atoms with Gasteiger partial charge in [-0.2, -0.15) is 0 Å². The molecule has 0 spiro atoms. The molecular formula is C28H34N2O5. The van der Waals surface area contributed by atoms with Gasteiger partial charge >= 0.3 is 12.1 Å². The van der Waals surface area contributed by atoms with E-state index in [1.165, 1.54) is 22.3 Å². The molecule has 0 aromatic heterocycles. The normalized spacial score (nSPS) is 18.5. The number of rotatable bonds is 11. The number of hydrogen-bond donors (Lipinski definition) is 3. The molecule has 7 nitrogen and oxygen atoms in total. The van der Waals surface area contributed by atoms with Crippen molar-refractivity contribution in [3.8, 4) is 11.1 Å². The predicted molar refractivity (Wildman–Crippen MR) is 133 cm³/mol. The third kappa shape index (κ3) is 6.21. The number of ether oxygens (including phenoxy) is 1. The van der Waals surface area contributed by atoms with Gasteiger partial charge in [0.05, 0.1) is 5.92 Å². The molecular weight excluding hydrogens is 444 g/mol. The second-order valence-corrected chi connectivity index (χ2v) is 9.47. The topological polar surface area (TPSA) is 105 Å². The lowest BCUT2D eigenvalue weighted by Crippen LogP contribution is -2.40. The Kier molecular flexibility index (Phi) is 8.40. The van der Waals surface area contributed by atoms with Crippen molar-refractivity contribution >= 4 is 18.0 Å². The van der Waals surface area contributed by atoms with Gasteiger partial charge in [-0.05, 0) is 47.9 Å². The van der Waals surface area contributed by atoms with Crippen LogP contribution < -0.4 is 10.6 Å². The van der Waals surface area contributed by atoms with Gasteiger partial charge in [0.2, 0.25) is 5.91 Å². The zero-order chi connectivity index (χ0) is 24.6. The van der Waals surface area contributed by atoms with E-state index in [4.69, 9.17) is 4.74 Å². The minimum atomic E-state index is -0.822. The van der Waals surface area contributed by atoms with Crippen molar-refractivity contribution in [2.45, 2.75) is 63.3 Å². The highest BCUT2D eigenvalue weighted by Gasteiger charge is 2.33. The molecule has 7 heteroatoms. The Labute approximate surface area is 206 Å². The van der Waals surface area contributed by atoms with Crippen LogP contribution in [0, 0.1) is 5.92 Å². The first-order valence-corrected chi connectivity index (χ1v) is 12.7. The number of carbonyl (C=O) groups excluding carboxylic acids is 2. The van der Waals surface area contributed by atoms with Crippen molar-refractivity contribution in [1.29, 1.82) is 0 Å². The number of carboxylic acid groups (broad SMARTS) is 1. The van der Waals surface area contributed by atoms with E-state index in [0.717, 1.165) is 38.5 Å². The molecule has 0 aliphatic heterocycles. The van der Waals surface area contributed by atoms with Gasteiger partial charge in [-0.1, -0.05) is 67.8 Å². The van der Waals surface area contributed by atoms with Crippen LogP contribution in [0.4, 0.5) is 4.79 Å². The van der Waals surface area contributed by atoms with E-state index in [1.807, 2.05) is 24.3 Å². The molecule has 0 saturated heterocycles. The number of unbranched alkanes of at least 4 members (excludes halogenated alkanes) is 3. The number of amides is 2. The summed E-state index contributed by atoms with van der Waals surface area (Å²) in [4.78, 5) is 35.5. The first kappa shape index (κ1) is 24.8. The monoisotopic (exact) mass is 478 g/mol. The van der Waals surface area contributed by atoms with Gasteiger partial charge in [0, 0.05) is 24.9 Å². The quantitative estimate of drug-likeness (QED) is 0.401. The van der Waals surface area contributed by atoms with Gasteiger partial charge in [0.15, 0.2) is 0 Å². The molecule has 2 amide bonds. The standard InChI is InChI=1S/C28H34N2O5/c31-26(30-25-15-9-14-23(25)27(32)33)16-3-1-2-8-17-29-28(34)35-18-24-21-12-6-4-10-19(21)20-11-5-7-13-22(20)24/h4-7,10-13,23-25H,1-3,8-9,14-18H2,(H,29,34)(H,30,31)(H,32,33)/t23-,25+/m1/s1. The Hall–Kier alpha value is -3.35. The third-order valence-electron chi connectivity index (χ3n) is 7.12. The minimum absolute atomic E-state index is 0.0503. The summed E-state index contributed by atoms with van der Waals surface area (Å²) >= 11 is 0. The van der Waals surface area contributed by atoms with Crippen LogP contribution in [0.2, 0.25) is 0 Å². The Morgan fingerprint density at radius 3 is 2.23 bits per heavy atom. The lowest BCUT2D eigenvalue weighted by molar-refractivity contribution is -0.142. The molecule has 1 saturated carbocycles. The molecule has 4 rings (SSSR count). The molecule has 35 heavy (non-hydrogen) atoms. The molecule has 3 N–H and O–H groups in total. The predicted octanol–water partition coefficient (Wildman–Crippen LogP) is 4.85. The largest absolute Gasteiger partial charge is 0.481 e. The average molecular weight is 479 g/mol. The van der Waals surface area contributed by atoms with Gasteiger partial charge in [-0.15, -0.1) is 0 Å². The van der Waals surface area contributed by atoms with Crippen LogP contribution in [0.3, 0.4) is 0 Å². The number of alkyl carbamates (subject to hydrolysis) is 1. The van der Waals surface area contributed by atoms with E-state index < -0.39 is 18.0 Å². The second-order valence-electron chi connectivity index (χ2n) is 9.47. The maximum Gasteiger partial charge on any atom is 0.407 e.